The van der Waals surface area contributed by atoms with Crippen molar-refractivity contribution in [3.8, 4) is 39.4 Å². The number of piperazine rings is 1. The van der Waals surface area contributed by atoms with Crippen molar-refractivity contribution in [2.45, 2.75) is 128 Å². The van der Waals surface area contributed by atoms with Crippen molar-refractivity contribution < 1.29 is 43.6 Å². The van der Waals surface area contributed by atoms with E-state index in [1.54, 1.807) is 23.5 Å². The first kappa shape index (κ1) is 60.3. The van der Waals surface area contributed by atoms with E-state index in [0.29, 0.717) is 47.2 Å². The molecule has 4 aliphatic rings. The number of aromatic hydroxyl groups is 1. The molecule has 10 rings (SSSR count). The fourth-order valence-corrected chi connectivity index (χ4v) is 13.7. The number of hydrogen-bond donors (Lipinski definition) is 5. The van der Waals surface area contributed by atoms with Crippen LogP contribution in [0.5, 0.6) is 11.8 Å². The summed E-state index contributed by atoms with van der Waals surface area (Å²) in [5, 5.41) is 50.0. The summed E-state index contributed by atoms with van der Waals surface area (Å²) >= 11 is 8.60. The molecule has 0 spiro atoms. The predicted octanol–water partition coefficient (Wildman–Crippen LogP) is 8.69. The molecule has 1 unspecified atom stereocenters. The summed E-state index contributed by atoms with van der Waals surface area (Å²) in [5.74, 6) is -1.49. The number of rotatable bonds is 18. The van der Waals surface area contributed by atoms with Crippen LogP contribution in [-0.2, 0) is 19.1 Å². The predicted molar refractivity (Wildman–Crippen MR) is 322 cm³/mol. The largest absolute Gasteiger partial charge is 0.508 e. The highest BCUT2D eigenvalue weighted by Crippen LogP contribution is 2.44. The van der Waals surface area contributed by atoms with E-state index in [-0.39, 0.29) is 90.4 Å². The van der Waals surface area contributed by atoms with Gasteiger partial charge in [0.2, 0.25) is 17.7 Å². The second-order valence-corrected chi connectivity index (χ2v) is 25.1. The number of thiazole rings is 1. The van der Waals surface area contributed by atoms with Gasteiger partial charge in [-0.1, -0.05) is 87.5 Å². The summed E-state index contributed by atoms with van der Waals surface area (Å²) in [4.78, 5) is 64.5. The van der Waals surface area contributed by atoms with Gasteiger partial charge in [0.05, 0.1) is 52.3 Å². The van der Waals surface area contributed by atoms with E-state index >= 15 is 4.39 Å². The molecule has 5 N–H and O–H groups in total. The average Bonchev–Trinajstić information content (AvgIpc) is 1.88. The van der Waals surface area contributed by atoms with Crippen molar-refractivity contribution in [2.75, 3.05) is 57.4 Å². The molecule has 1 saturated carbocycles. The van der Waals surface area contributed by atoms with E-state index in [1.807, 2.05) is 98.5 Å². The molecule has 444 valence electrons. The monoisotopic (exact) mass is 1180 g/mol. The number of ether oxygens (including phenoxy) is 2. The third-order valence-corrected chi connectivity index (χ3v) is 18.4. The molecule has 21 heteroatoms. The summed E-state index contributed by atoms with van der Waals surface area (Å²) in [6.45, 7) is 15.7. The number of halogens is 2. The molecule has 84 heavy (non-hydrogen) atoms. The maximum absolute atomic E-state index is 17.5. The van der Waals surface area contributed by atoms with Crippen molar-refractivity contribution in [1.29, 1.82) is 5.26 Å². The second kappa shape index (κ2) is 25.8. The van der Waals surface area contributed by atoms with Crippen molar-refractivity contribution in [3.05, 3.63) is 107 Å². The van der Waals surface area contributed by atoms with E-state index in [4.69, 9.17) is 31.0 Å². The van der Waals surface area contributed by atoms with E-state index < -0.39 is 53.5 Å². The normalized spacial score (nSPS) is 22.0. The van der Waals surface area contributed by atoms with Gasteiger partial charge in [-0.2, -0.15) is 15.2 Å². The van der Waals surface area contributed by atoms with Crippen LogP contribution in [0.4, 0.5) is 10.2 Å². The Morgan fingerprint density at radius 1 is 1.00 bits per heavy atom. The average molecular weight is 1190 g/mol. The van der Waals surface area contributed by atoms with Crippen molar-refractivity contribution in [3.63, 3.8) is 0 Å². The topological polar surface area (TPSA) is 230 Å². The number of benzene rings is 4. The number of aliphatic hydroxyl groups excluding tert-OH is 2. The molecular weight excluding hydrogens is 1110 g/mol. The number of phenolic OH excluding ortho intramolecular Hbond substituents is 1. The zero-order valence-corrected chi connectivity index (χ0v) is 49.7. The molecule has 6 aromatic rings. The number of hydrogen-bond acceptors (Lipinski definition) is 16. The van der Waals surface area contributed by atoms with Gasteiger partial charge in [0.15, 0.2) is 5.82 Å². The first-order chi connectivity index (χ1) is 40.3. The minimum absolute atomic E-state index is 0.00103. The Bertz CT molecular complexity index is 3440. The number of nitrogens with zero attached hydrogens (tertiary/aromatic N) is 8. The maximum atomic E-state index is 17.5. The first-order valence-corrected chi connectivity index (χ1v) is 30.2. The molecule has 18 nitrogen and oxygen atoms in total. The lowest BCUT2D eigenvalue weighted by molar-refractivity contribution is -0.144. The molecule has 4 aromatic carbocycles. The molecule has 0 radical (unpaired) electrons. The van der Waals surface area contributed by atoms with Crippen LogP contribution in [0.1, 0.15) is 89.9 Å². The fourth-order valence-electron chi connectivity index (χ4n) is 12.6. The highest BCUT2D eigenvalue weighted by molar-refractivity contribution is 7.13. The lowest BCUT2D eigenvalue weighted by atomic mass is 9.85. The molecule has 8 atom stereocenters. The lowest BCUT2D eigenvalue weighted by Gasteiger charge is -2.42. The Kier molecular flexibility index (Phi) is 18.5. The zero-order chi connectivity index (χ0) is 59.6. The van der Waals surface area contributed by atoms with Crippen LogP contribution in [0.25, 0.3) is 43.2 Å². The molecule has 0 bridgehead atoms. The number of phenols is 1. The van der Waals surface area contributed by atoms with Crippen LogP contribution in [0, 0.1) is 35.4 Å². The minimum atomic E-state index is -0.999. The minimum Gasteiger partial charge on any atom is -0.508 e. The van der Waals surface area contributed by atoms with Gasteiger partial charge in [-0.3, -0.25) is 24.2 Å². The van der Waals surface area contributed by atoms with Crippen molar-refractivity contribution in [1.82, 2.24) is 40.3 Å². The van der Waals surface area contributed by atoms with Crippen LogP contribution >= 0.6 is 22.9 Å². The number of aromatic nitrogens is 3. The highest BCUT2D eigenvalue weighted by atomic mass is 35.5. The van der Waals surface area contributed by atoms with Crippen LogP contribution in [-0.4, -0.2) is 158 Å². The van der Waals surface area contributed by atoms with Gasteiger partial charge < -0.3 is 45.2 Å². The van der Waals surface area contributed by atoms with Crippen LogP contribution in [0.2, 0.25) is 5.02 Å². The number of amides is 3. The lowest BCUT2D eigenvalue weighted by Crippen LogP contribution is -2.58. The molecule has 3 aliphatic heterocycles. The van der Waals surface area contributed by atoms with E-state index in [1.165, 1.54) is 17.0 Å². The van der Waals surface area contributed by atoms with Crippen LogP contribution in [0.15, 0.2) is 84.9 Å². The Morgan fingerprint density at radius 3 is 2.48 bits per heavy atom. The molecule has 4 fully saturated rings. The number of aliphatic hydroxyl groups is 2. The zero-order valence-electron chi connectivity index (χ0n) is 48.1. The number of nitriles is 1. The van der Waals surface area contributed by atoms with E-state index in [0.717, 1.165) is 66.9 Å². The SMILES string of the molecule is C=CC(O)N1CCN(c2nc(O[C@H]3CCC[C@@H]3N3CCC(COCC(=O)N[C@H](C(=O)N4C[C@H](O)C[C@H]4C(=O)N[C@@H](C)c4ccc(-c5scnc5C)cc4)C(C)(C)C)CC3)nc3c(F)c(-c4cc(O)cc5ccccc45)c(Cl)cc23)C[C@@H]1CC#N. The second-order valence-electron chi connectivity index (χ2n) is 23.9. The van der Waals surface area contributed by atoms with Gasteiger partial charge in [-0.05, 0) is 122 Å². The summed E-state index contributed by atoms with van der Waals surface area (Å²) in [6.07, 6.45) is 3.51. The number of carbonyl (C=O) groups is 3. The molecule has 1 aliphatic carbocycles. The van der Waals surface area contributed by atoms with Gasteiger partial charge in [0, 0.05) is 55.6 Å². The molecule has 3 saturated heterocycles. The van der Waals surface area contributed by atoms with E-state index in [2.05, 4.69) is 33.2 Å². The van der Waals surface area contributed by atoms with Gasteiger partial charge in [0.25, 0.3) is 0 Å². The summed E-state index contributed by atoms with van der Waals surface area (Å²) in [5.41, 5.74) is 4.41. The number of nitrogens with one attached hydrogen (secondary N) is 2. The van der Waals surface area contributed by atoms with Gasteiger partial charge >= 0.3 is 6.01 Å². The van der Waals surface area contributed by atoms with E-state index in [9.17, 15) is 35.0 Å². The van der Waals surface area contributed by atoms with Crippen molar-refractivity contribution >= 4 is 68.2 Å². The number of aryl methyl sites for hydroxylation is 1. The quantitative estimate of drug-likeness (QED) is 0.0507. The standard InChI is InChI=1S/C63H74ClFN10O8S/c1-7-53(79)74-26-25-73(31-42(74)19-22-66)59-47-30-48(64)54(46-28-43(76)27-41-11-8-9-12-45(41)46)55(65)56(47)70-62(71-59)83-51-14-10-13-49(51)72-23-20-38(21-24-72)33-82-34-52(78)69-58(63(4,5)6)61(81)75-32-44(77)29-50(75)60(80)68-36(2)39-15-17-40(18-16-39)57-37(3)67-35-84-57/h7-9,11-12,15-18,27-28,30,35-36,38,42,44,49-51,53,58,76-77,79H,1,10,13-14,19-21,23-26,29,31-34H2,2-6H3,(H,68,80)(H,69,78)/t36-,42-,44+,49-,50-,51-,53?,58+/m0/s1. The molecule has 2 aromatic heterocycles. The number of anilines is 1. The third-order valence-electron chi connectivity index (χ3n) is 17.1. The summed E-state index contributed by atoms with van der Waals surface area (Å²) < 4.78 is 30.3. The van der Waals surface area contributed by atoms with Crippen molar-refractivity contribution in [2.24, 2.45) is 11.3 Å². The van der Waals surface area contributed by atoms with Gasteiger partial charge in [-0.25, -0.2) is 9.37 Å². The Morgan fingerprint density at radius 2 is 1.76 bits per heavy atom. The number of piperidine rings is 1. The molecule has 3 amide bonds. The van der Waals surface area contributed by atoms with Crippen LogP contribution < -0.4 is 20.3 Å². The van der Waals surface area contributed by atoms with Gasteiger partial charge in [0.1, 0.15) is 48.1 Å². The fraction of sp³-hybridized carbons (Fsp3) is 0.476. The maximum Gasteiger partial charge on any atom is 0.319 e. The Hall–Kier alpha value is -6.83. The molecular formula is C63H74ClFN10O8S. The highest BCUT2D eigenvalue weighted by Gasteiger charge is 2.45. The first-order valence-electron chi connectivity index (χ1n) is 29.0. The summed E-state index contributed by atoms with van der Waals surface area (Å²) in [6, 6.07) is 19.6. The van der Waals surface area contributed by atoms with Gasteiger partial charge in [-0.15, -0.1) is 11.3 Å². The third kappa shape index (κ3) is 13.0. The number of fused-ring (bicyclic) bond motifs is 2. The van der Waals surface area contributed by atoms with Crippen LogP contribution in [0.3, 0.4) is 0 Å². The number of likely N-dealkylation sites (tertiary alicyclic amines) is 2. The summed E-state index contributed by atoms with van der Waals surface area (Å²) in [7, 11) is 0. The Labute approximate surface area is 498 Å². The molecule has 5 heterocycles. The smallest absolute Gasteiger partial charge is 0.319 e. The number of carbonyl (C=O) groups excluding carboxylic acids is 3. The Balaban J connectivity index is 0.773. The number of β-amino-alcohol motifs (C(OH)–C–C–N with tert-alkyl or cyclic N) is 1.